The fourth-order valence-corrected chi connectivity index (χ4v) is 3.24. The first-order valence-electron chi connectivity index (χ1n) is 9.63. The van der Waals surface area contributed by atoms with Crippen LogP contribution in [0.25, 0.3) is 0 Å². The summed E-state index contributed by atoms with van der Waals surface area (Å²) in [4.78, 5) is 12.4. The molecule has 5 nitrogen and oxygen atoms in total. The highest BCUT2D eigenvalue weighted by Gasteiger charge is 2.13. The van der Waals surface area contributed by atoms with E-state index in [1.807, 2.05) is 42.5 Å². The lowest BCUT2D eigenvalue weighted by Gasteiger charge is -2.12. The van der Waals surface area contributed by atoms with Crippen molar-refractivity contribution in [1.82, 2.24) is 9.78 Å². The van der Waals surface area contributed by atoms with Crippen molar-refractivity contribution in [3.05, 3.63) is 113 Å². The number of carbonyl (C=O) groups is 1. The number of anilines is 1. The number of ether oxygens (including phenoxy) is 1. The van der Waals surface area contributed by atoms with E-state index in [0.717, 1.165) is 11.1 Å². The van der Waals surface area contributed by atoms with E-state index >= 15 is 0 Å². The van der Waals surface area contributed by atoms with E-state index in [1.165, 1.54) is 12.1 Å². The number of hydrogen-bond acceptors (Lipinski definition) is 3. The second-order valence-electron chi connectivity index (χ2n) is 6.86. The fraction of sp³-hybridized carbons (Fsp3) is 0.0833. The van der Waals surface area contributed by atoms with Crippen molar-refractivity contribution in [1.29, 1.82) is 0 Å². The maximum atomic E-state index is 13.8. The minimum atomic E-state index is -0.505. The molecule has 0 spiro atoms. The summed E-state index contributed by atoms with van der Waals surface area (Å²) in [6, 6.07) is 22.8. The zero-order chi connectivity index (χ0) is 21.6. The minimum Gasteiger partial charge on any atom is -0.489 e. The van der Waals surface area contributed by atoms with Crippen molar-refractivity contribution in [2.45, 2.75) is 13.2 Å². The van der Waals surface area contributed by atoms with E-state index in [1.54, 1.807) is 35.1 Å². The third-order valence-electron chi connectivity index (χ3n) is 4.59. The van der Waals surface area contributed by atoms with Gasteiger partial charge >= 0.3 is 0 Å². The van der Waals surface area contributed by atoms with Crippen LogP contribution >= 0.6 is 11.6 Å². The van der Waals surface area contributed by atoms with Gasteiger partial charge in [-0.05, 0) is 42.0 Å². The van der Waals surface area contributed by atoms with Gasteiger partial charge in [-0.25, -0.2) is 4.39 Å². The highest BCUT2D eigenvalue weighted by molar-refractivity contribution is 6.30. The number of hydrogen-bond donors (Lipinski definition) is 1. The van der Waals surface area contributed by atoms with Crippen molar-refractivity contribution in [3.8, 4) is 5.75 Å². The molecule has 4 aromatic rings. The van der Waals surface area contributed by atoms with Crippen LogP contribution in [-0.4, -0.2) is 15.7 Å². The van der Waals surface area contributed by atoms with Crippen molar-refractivity contribution >= 4 is 23.2 Å². The molecular formula is C24H19ClFN3O2. The molecule has 0 aliphatic carbocycles. The quantitative estimate of drug-likeness (QED) is 0.413. The highest BCUT2D eigenvalue weighted by Crippen LogP contribution is 2.25. The van der Waals surface area contributed by atoms with Gasteiger partial charge in [0.2, 0.25) is 0 Å². The molecule has 0 unspecified atom stereocenters. The number of benzene rings is 3. The fourth-order valence-electron chi connectivity index (χ4n) is 3.04. The third-order valence-corrected chi connectivity index (χ3v) is 4.82. The predicted molar refractivity (Wildman–Crippen MR) is 118 cm³/mol. The normalized spacial score (nSPS) is 10.6. The molecule has 4 rings (SSSR count). The first-order chi connectivity index (χ1) is 15.1. The molecule has 0 saturated carbocycles. The summed E-state index contributed by atoms with van der Waals surface area (Å²) in [6.07, 6.45) is 1.68. The molecule has 1 heterocycles. The Bertz CT molecular complexity index is 1190. The molecule has 31 heavy (non-hydrogen) atoms. The Hall–Kier alpha value is -3.64. The summed E-state index contributed by atoms with van der Waals surface area (Å²) in [5.74, 6) is -0.314. The third kappa shape index (κ3) is 5.29. The number of halogens is 2. The van der Waals surface area contributed by atoms with Crippen molar-refractivity contribution in [2.75, 3.05) is 5.32 Å². The predicted octanol–water partition coefficient (Wildman–Crippen LogP) is 5.56. The molecule has 0 radical (unpaired) electrons. The lowest BCUT2D eigenvalue weighted by molar-refractivity contribution is 0.102. The van der Waals surface area contributed by atoms with E-state index < -0.39 is 11.7 Å². The Balaban J connectivity index is 1.47. The molecule has 3 aromatic carbocycles. The topological polar surface area (TPSA) is 56.2 Å². The van der Waals surface area contributed by atoms with Gasteiger partial charge in [0.15, 0.2) is 5.69 Å². The van der Waals surface area contributed by atoms with Crippen LogP contribution in [0.2, 0.25) is 5.02 Å². The van der Waals surface area contributed by atoms with Crippen molar-refractivity contribution < 1.29 is 13.9 Å². The van der Waals surface area contributed by atoms with Crippen molar-refractivity contribution in [2.24, 2.45) is 0 Å². The van der Waals surface area contributed by atoms with E-state index in [9.17, 15) is 9.18 Å². The number of amides is 1. The van der Waals surface area contributed by atoms with Gasteiger partial charge in [-0.1, -0.05) is 54.1 Å². The Morgan fingerprint density at radius 1 is 1.03 bits per heavy atom. The smallest absolute Gasteiger partial charge is 0.276 e. The van der Waals surface area contributed by atoms with Crippen LogP contribution in [0.5, 0.6) is 5.75 Å². The molecule has 0 atom stereocenters. The first kappa shape index (κ1) is 20.6. The maximum absolute atomic E-state index is 13.8. The van der Waals surface area contributed by atoms with Gasteiger partial charge in [0.05, 0.1) is 12.2 Å². The summed E-state index contributed by atoms with van der Waals surface area (Å²) in [5.41, 5.74) is 2.16. The van der Waals surface area contributed by atoms with Crippen LogP contribution < -0.4 is 10.1 Å². The monoisotopic (exact) mass is 435 g/mol. The molecule has 156 valence electrons. The summed E-state index contributed by atoms with van der Waals surface area (Å²) >= 11 is 6.18. The van der Waals surface area contributed by atoms with Gasteiger partial charge < -0.3 is 10.1 Å². The van der Waals surface area contributed by atoms with E-state index in [2.05, 4.69) is 10.4 Å². The minimum absolute atomic E-state index is 0.105. The SMILES string of the molecule is O=C(Nc1ccccc1F)c1ccn(Cc2cc(Cl)ccc2OCc2ccccc2)n1. The molecule has 0 saturated heterocycles. The Morgan fingerprint density at radius 3 is 2.61 bits per heavy atom. The molecular weight excluding hydrogens is 417 g/mol. The summed E-state index contributed by atoms with van der Waals surface area (Å²) < 4.78 is 21.4. The number of carbonyl (C=O) groups excluding carboxylic acids is 1. The lowest BCUT2D eigenvalue weighted by Crippen LogP contribution is -2.14. The van der Waals surface area contributed by atoms with Gasteiger partial charge in [-0.2, -0.15) is 5.10 Å². The molecule has 0 aliphatic rings. The zero-order valence-electron chi connectivity index (χ0n) is 16.5. The molecule has 1 N–H and O–H groups in total. The second kappa shape index (κ2) is 9.45. The van der Waals surface area contributed by atoms with Gasteiger partial charge in [0, 0.05) is 16.8 Å². The Labute approximate surface area is 184 Å². The summed E-state index contributed by atoms with van der Waals surface area (Å²) in [6.45, 7) is 0.780. The van der Waals surface area contributed by atoms with Crippen LogP contribution in [-0.2, 0) is 13.2 Å². The van der Waals surface area contributed by atoms with E-state index in [4.69, 9.17) is 16.3 Å². The average molecular weight is 436 g/mol. The van der Waals surface area contributed by atoms with Gasteiger partial charge in [-0.3, -0.25) is 9.48 Å². The molecule has 0 bridgehead atoms. The van der Waals surface area contributed by atoms with Crippen LogP contribution in [0, 0.1) is 5.82 Å². The molecule has 0 aliphatic heterocycles. The number of nitrogens with one attached hydrogen (secondary N) is 1. The van der Waals surface area contributed by atoms with Crippen LogP contribution in [0.4, 0.5) is 10.1 Å². The van der Waals surface area contributed by atoms with E-state index in [0.29, 0.717) is 23.9 Å². The van der Waals surface area contributed by atoms with Gasteiger partial charge in [-0.15, -0.1) is 0 Å². The van der Waals surface area contributed by atoms with Crippen LogP contribution in [0.1, 0.15) is 21.6 Å². The van der Waals surface area contributed by atoms with Crippen LogP contribution in [0.15, 0.2) is 85.1 Å². The molecule has 0 fully saturated rings. The number of rotatable bonds is 7. The maximum Gasteiger partial charge on any atom is 0.276 e. The second-order valence-corrected chi connectivity index (χ2v) is 7.30. The average Bonchev–Trinajstić information content (AvgIpc) is 3.24. The summed E-state index contributed by atoms with van der Waals surface area (Å²) in [5, 5.41) is 7.41. The first-order valence-corrected chi connectivity index (χ1v) is 10.0. The Kier molecular flexibility index (Phi) is 6.29. The standard InChI is InChI=1S/C24H19ClFN3O2/c25-19-10-11-23(31-16-17-6-2-1-3-7-17)18(14-19)15-29-13-12-22(28-29)24(30)27-21-9-5-4-8-20(21)26/h1-14H,15-16H2,(H,27,30). The lowest BCUT2D eigenvalue weighted by atomic mass is 10.2. The zero-order valence-corrected chi connectivity index (χ0v) is 17.2. The van der Waals surface area contributed by atoms with E-state index in [-0.39, 0.29) is 11.4 Å². The van der Waals surface area contributed by atoms with Gasteiger partial charge in [0.1, 0.15) is 18.2 Å². The van der Waals surface area contributed by atoms with Crippen LogP contribution in [0.3, 0.4) is 0 Å². The number of aromatic nitrogens is 2. The number of para-hydroxylation sites is 1. The summed E-state index contributed by atoms with van der Waals surface area (Å²) in [7, 11) is 0. The molecule has 7 heteroatoms. The molecule has 1 aromatic heterocycles. The Morgan fingerprint density at radius 2 is 1.81 bits per heavy atom. The van der Waals surface area contributed by atoms with Crippen molar-refractivity contribution in [3.63, 3.8) is 0 Å². The van der Waals surface area contributed by atoms with Gasteiger partial charge in [0.25, 0.3) is 5.91 Å². The highest BCUT2D eigenvalue weighted by atomic mass is 35.5. The number of nitrogens with zero attached hydrogens (tertiary/aromatic N) is 2. The largest absolute Gasteiger partial charge is 0.489 e. The molecule has 1 amide bonds.